The Morgan fingerprint density at radius 2 is 2.12 bits per heavy atom. The van der Waals surface area contributed by atoms with Crippen LogP contribution in [0.4, 0.5) is 0 Å². The molecule has 0 spiro atoms. The van der Waals surface area contributed by atoms with Crippen molar-refractivity contribution in [3.8, 4) is 11.8 Å². The lowest BCUT2D eigenvalue weighted by atomic mass is 9.90. The second kappa shape index (κ2) is 5.00. The first kappa shape index (κ1) is 11.0. The van der Waals surface area contributed by atoms with E-state index in [1.54, 1.807) is 0 Å². The fraction of sp³-hybridized carbons (Fsp3) is 0.462. The zero-order valence-corrected chi connectivity index (χ0v) is 9.44. The zero-order chi connectivity index (χ0) is 11.4. The maximum Gasteiger partial charge on any atom is 0.119 e. The highest BCUT2D eigenvalue weighted by atomic mass is 16.5. The minimum absolute atomic E-state index is 0.0953. The molecule has 84 valence electrons. The SMILES string of the molecule is CCOc1ccc([C@@H]2CNC[C@@H]2C#N)cc1. The minimum Gasteiger partial charge on any atom is -0.494 e. The second-order valence-corrected chi connectivity index (χ2v) is 4.00. The zero-order valence-electron chi connectivity index (χ0n) is 9.44. The van der Waals surface area contributed by atoms with E-state index in [9.17, 15) is 0 Å². The number of nitriles is 1. The van der Waals surface area contributed by atoms with Crippen LogP contribution in [-0.2, 0) is 0 Å². The van der Waals surface area contributed by atoms with Crippen LogP contribution in [0.2, 0.25) is 0 Å². The number of nitrogens with zero attached hydrogens (tertiary/aromatic N) is 1. The van der Waals surface area contributed by atoms with Crippen molar-refractivity contribution in [2.45, 2.75) is 12.8 Å². The highest BCUT2D eigenvalue weighted by Gasteiger charge is 2.27. The lowest BCUT2D eigenvalue weighted by Crippen LogP contribution is -2.08. The van der Waals surface area contributed by atoms with Crippen molar-refractivity contribution < 1.29 is 4.74 Å². The van der Waals surface area contributed by atoms with Gasteiger partial charge in [0.05, 0.1) is 18.6 Å². The first-order valence-corrected chi connectivity index (χ1v) is 5.68. The average molecular weight is 216 g/mol. The van der Waals surface area contributed by atoms with E-state index < -0.39 is 0 Å². The molecular formula is C13H16N2O. The predicted octanol–water partition coefficient (Wildman–Crippen LogP) is 1.91. The Morgan fingerprint density at radius 1 is 1.38 bits per heavy atom. The summed E-state index contributed by atoms with van der Waals surface area (Å²) in [6.45, 7) is 4.35. The molecule has 3 heteroatoms. The summed E-state index contributed by atoms with van der Waals surface area (Å²) >= 11 is 0. The van der Waals surface area contributed by atoms with Crippen molar-refractivity contribution in [3.63, 3.8) is 0 Å². The van der Waals surface area contributed by atoms with E-state index >= 15 is 0 Å². The van der Waals surface area contributed by atoms with Crippen LogP contribution < -0.4 is 10.1 Å². The Labute approximate surface area is 96.0 Å². The smallest absolute Gasteiger partial charge is 0.119 e. The van der Waals surface area contributed by atoms with Gasteiger partial charge in [-0.3, -0.25) is 0 Å². The molecule has 1 aliphatic heterocycles. The average Bonchev–Trinajstić information content (AvgIpc) is 2.78. The molecule has 0 aromatic heterocycles. The third-order valence-corrected chi connectivity index (χ3v) is 3.00. The first-order chi connectivity index (χ1) is 7.85. The van der Waals surface area contributed by atoms with Crippen LogP contribution in [0.25, 0.3) is 0 Å². The minimum atomic E-state index is 0.0953. The van der Waals surface area contributed by atoms with Gasteiger partial charge < -0.3 is 10.1 Å². The van der Waals surface area contributed by atoms with Crippen LogP contribution in [0.15, 0.2) is 24.3 Å². The third-order valence-electron chi connectivity index (χ3n) is 3.00. The van der Waals surface area contributed by atoms with Gasteiger partial charge in [0.15, 0.2) is 0 Å². The Bertz CT molecular complexity index is 380. The summed E-state index contributed by atoms with van der Waals surface area (Å²) in [6, 6.07) is 10.4. The van der Waals surface area contributed by atoms with Gasteiger partial charge in [-0.15, -0.1) is 0 Å². The maximum absolute atomic E-state index is 9.02. The molecular weight excluding hydrogens is 200 g/mol. The number of hydrogen-bond acceptors (Lipinski definition) is 3. The predicted molar refractivity (Wildman–Crippen MR) is 62.3 cm³/mol. The first-order valence-electron chi connectivity index (χ1n) is 5.68. The van der Waals surface area contributed by atoms with Gasteiger partial charge in [-0.25, -0.2) is 0 Å². The molecule has 1 aliphatic rings. The molecule has 0 unspecified atom stereocenters. The van der Waals surface area contributed by atoms with E-state index in [1.807, 2.05) is 19.1 Å². The summed E-state index contributed by atoms with van der Waals surface area (Å²) < 4.78 is 5.40. The van der Waals surface area contributed by atoms with Gasteiger partial charge in [0.1, 0.15) is 5.75 Å². The van der Waals surface area contributed by atoms with Crippen molar-refractivity contribution in [1.29, 1.82) is 5.26 Å². The molecule has 1 fully saturated rings. The summed E-state index contributed by atoms with van der Waals surface area (Å²) in [4.78, 5) is 0. The fourth-order valence-corrected chi connectivity index (χ4v) is 2.14. The highest BCUT2D eigenvalue weighted by Crippen LogP contribution is 2.28. The number of benzene rings is 1. The van der Waals surface area contributed by atoms with E-state index in [-0.39, 0.29) is 5.92 Å². The number of ether oxygens (including phenoxy) is 1. The van der Waals surface area contributed by atoms with Gasteiger partial charge in [-0.05, 0) is 24.6 Å². The highest BCUT2D eigenvalue weighted by molar-refractivity contribution is 5.31. The summed E-state index contributed by atoms with van der Waals surface area (Å²) in [5.41, 5.74) is 1.22. The summed E-state index contributed by atoms with van der Waals surface area (Å²) in [5, 5.41) is 12.3. The molecule has 1 aromatic carbocycles. The summed E-state index contributed by atoms with van der Waals surface area (Å²) in [6.07, 6.45) is 0. The topological polar surface area (TPSA) is 45.0 Å². The standard InChI is InChI=1S/C13H16N2O/c1-2-16-12-5-3-10(4-6-12)13-9-15-8-11(13)7-14/h3-6,11,13,15H,2,8-9H2,1H3/t11-,13-/m0/s1. The Hall–Kier alpha value is -1.53. The van der Waals surface area contributed by atoms with Crippen LogP contribution in [-0.4, -0.2) is 19.7 Å². The molecule has 16 heavy (non-hydrogen) atoms. The van der Waals surface area contributed by atoms with Crippen LogP contribution in [0.5, 0.6) is 5.75 Å². The second-order valence-electron chi connectivity index (χ2n) is 4.00. The number of nitrogens with one attached hydrogen (secondary N) is 1. The van der Waals surface area contributed by atoms with E-state index in [4.69, 9.17) is 10.00 Å². The van der Waals surface area contributed by atoms with Crippen molar-refractivity contribution in [2.24, 2.45) is 5.92 Å². The van der Waals surface area contributed by atoms with Crippen molar-refractivity contribution in [2.75, 3.05) is 19.7 Å². The van der Waals surface area contributed by atoms with E-state index in [0.29, 0.717) is 12.5 Å². The molecule has 1 N–H and O–H groups in total. The molecule has 1 saturated heterocycles. The molecule has 0 bridgehead atoms. The van der Waals surface area contributed by atoms with Gasteiger partial charge in [0, 0.05) is 19.0 Å². The van der Waals surface area contributed by atoms with E-state index in [2.05, 4.69) is 23.5 Å². The molecule has 0 aliphatic carbocycles. The Balaban J connectivity index is 2.12. The fourth-order valence-electron chi connectivity index (χ4n) is 2.14. The van der Waals surface area contributed by atoms with Gasteiger partial charge in [0.2, 0.25) is 0 Å². The van der Waals surface area contributed by atoms with Crippen LogP contribution in [0.1, 0.15) is 18.4 Å². The molecule has 3 nitrogen and oxygen atoms in total. The Kier molecular flexibility index (Phi) is 3.43. The third kappa shape index (κ3) is 2.17. The molecule has 1 aromatic rings. The number of rotatable bonds is 3. The van der Waals surface area contributed by atoms with Crippen LogP contribution in [0, 0.1) is 17.2 Å². The lowest BCUT2D eigenvalue weighted by Gasteiger charge is -2.13. The summed E-state index contributed by atoms with van der Waals surface area (Å²) in [7, 11) is 0. The quantitative estimate of drug-likeness (QED) is 0.839. The van der Waals surface area contributed by atoms with Crippen LogP contribution in [0.3, 0.4) is 0 Å². The largest absolute Gasteiger partial charge is 0.494 e. The van der Waals surface area contributed by atoms with Crippen molar-refractivity contribution in [3.05, 3.63) is 29.8 Å². The van der Waals surface area contributed by atoms with Gasteiger partial charge in [-0.2, -0.15) is 5.26 Å². The van der Waals surface area contributed by atoms with E-state index in [1.165, 1.54) is 5.56 Å². The molecule has 2 rings (SSSR count). The summed E-state index contributed by atoms with van der Waals surface area (Å²) in [5.74, 6) is 1.31. The molecule has 0 radical (unpaired) electrons. The molecule has 0 amide bonds. The lowest BCUT2D eigenvalue weighted by molar-refractivity contribution is 0.340. The molecule has 0 saturated carbocycles. The van der Waals surface area contributed by atoms with Gasteiger partial charge in [-0.1, -0.05) is 12.1 Å². The van der Waals surface area contributed by atoms with Crippen molar-refractivity contribution in [1.82, 2.24) is 5.32 Å². The molecule has 1 heterocycles. The van der Waals surface area contributed by atoms with Crippen LogP contribution >= 0.6 is 0 Å². The monoisotopic (exact) mass is 216 g/mol. The molecule has 2 atom stereocenters. The van der Waals surface area contributed by atoms with E-state index in [0.717, 1.165) is 18.8 Å². The van der Waals surface area contributed by atoms with Gasteiger partial charge in [0.25, 0.3) is 0 Å². The maximum atomic E-state index is 9.02. The van der Waals surface area contributed by atoms with Crippen molar-refractivity contribution >= 4 is 0 Å². The Morgan fingerprint density at radius 3 is 2.75 bits per heavy atom. The van der Waals surface area contributed by atoms with Gasteiger partial charge >= 0.3 is 0 Å². The normalized spacial score (nSPS) is 24.0. The number of hydrogen-bond donors (Lipinski definition) is 1.